The number of aliphatic hydroxyl groups is 2. The fourth-order valence-electron chi connectivity index (χ4n) is 11.0. The predicted molar refractivity (Wildman–Crippen MR) is 122 cm³/mol. The fraction of sp³-hybridized carbons (Fsp3) is 0.962. The highest BCUT2D eigenvalue weighted by Crippen LogP contribution is 2.80. The largest absolute Gasteiger partial charge is 0.462 e. The molecule has 5 aliphatic carbocycles. The van der Waals surface area contributed by atoms with Crippen molar-refractivity contribution in [2.75, 3.05) is 41.0 Å². The molecule has 6 aliphatic rings. The van der Waals surface area contributed by atoms with Crippen molar-refractivity contribution >= 4 is 5.97 Å². The van der Waals surface area contributed by atoms with Crippen molar-refractivity contribution in [3.8, 4) is 0 Å². The van der Waals surface area contributed by atoms with Gasteiger partial charge in [0.1, 0.15) is 6.10 Å². The van der Waals surface area contributed by atoms with E-state index in [0.29, 0.717) is 19.4 Å². The Morgan fingerprint density at radius 2 is 1.91 bits per heavy atom. The molecule has 1 heterocycles. The van der Waals surface area contributed by atoms with Crippen molar-refractivity contribution < 1.29 is 34.0 Å². The second kappa shape index (κ2) is 7.39. The van der Waals surface area contributed by atoms with E-state index >= 15 is 0 Å². The van der Waals surface area contributed by atoms with Crippen molar-refractivity contribution in [2.45, 2.75) is 81.5 Å². The molecule has 12 atom stereocenters. The van der Waals surface area contributed by atoms with Gasteiger partial charge in [0, 0.05) is 69.9 Å². The minimum Gasteiger partial charge on any atom is -0.462 e. The van der Waals surface area contributed by atoms with Crippen LogP contribution in [0.2, 0.25) is 0 Å². The van der Waals surface area contributed by atoms with Gasteiger partial charge in [-0.05, 0) is 38.1 Å². The number of hydrogen-bond acceptors (Lipinski definition) is 8. The fourth-order valence-corrected chi connectivity index (χ4v) is 11.0. The zero-order valence-electron chi connectivity index (χ0n) is 21.2. The van der Waals surface area contributed by atoms with E-state index in [1.807, 2.05) is 0 Å². The number of carbonyl (C=O) groups excluding carboxylic acids is 1. The maximum absolute atomic E-state index is 13.1. The summed E-state index contributed by atoms with van der Waals surface area (Å²) in [6.07, 6.45) is 2.65. The topological polar surface area (TPSA) is 97.7 Å². The van der Waals surface area contributed by atoms with Gasteiger partial charge < -0.3 is 29.2 Å². The number of likely N-dealkylation sites (tertiary alicyclic amines) is 1. The van der Waals surface area contributed by atoms with Crippen LogP contribution in [0.5, 0.6) is 0 Å². The number of ether oxygens (including phenoxy) is 4. The van der Waals surface area contributed by atoms with Crippen LogP contribution in [0.3, 0.4) is 0 Å². The molecule has 1 aliphatic heterocycles. The van der Waals surface area contributed by atoms with Crippen molar-refractivity contribution in [2.24, 2.45) is 34.5 Å². The van der Waals surface area contributed by atoms with Gasteiger partial charge >= 0.3 is 5.97 Å². The molecule has 34 heavy (non-hydrogen) atoms. The normalized spacial score (nSPS) is 57.0. The Morgan fingerprint density at radius 1 is 1.15 bits per heavy atom. The zero-order valence-corrected chi connectivity index (χ0v) is 21.2. The summed E-state index contributed by atoms with van der Waals surface area (Å²) < 4.78 is 24.0. The summed E-state index contributed by atoms with van der Waals surface area (Å²) in [5.41, 5.74) is -3.05. The maximum Gasteiger partial charge on any atom is 0.302 e. The molecule has 0 radical (unpaired) electrons. The predicted octanol–water partition coefficient (Wildman–Crippen LogP) is 1.22. The lowest BCUT2D eigenvalue weighted by Crippen LogP contribution is -2.82. The molecule has 0 aromatic heterocycles. The van der Waals surface area contributed by atoms with Gasteiger partial charge in [0.05, 0.1) is 35.9 Å². The second-order valence-electron chi connectivity index (χ2n) is 12.2. The minimum absolute atomic E-state index is 0.0105. The molecule has 6 fully saturated rings. The van der Waals surface area contributed by atoms with Gasteiger partial charge in [0.2, 0.25) is 0 Å². The summed E-state index contributed by atoms with van der Waals surface area (Å²) in [4.78, 5) is 14.7. The highest BCUT2D eigenvalue weighted by atomic mass is 16.6. The van der Waals surface area contributed by atoms with Gasteiger partial charge in [0.25, 0.3) is 0 Å². The molecule has 6 rings (SSSR count). The maximum atomic E-state index is 13.1. The van der Waals surface area contributed by atoms with Crippen LogP contribution in [0.25, 0.3) is 0 Å². The molecule has 192 valence electrons. The molecule has 1 saturated heterocycles. The lowest BCUT2D eigenvalue weighted by molar-refractivity contribution is -0.328. The molecule has 1 spiro atoms. The van der Waals surface area contributed by atoms with Gasteiger partial charge in [-0.3, -0.25) is 9.69 Å². The number of fused-ring (bicyclic) bond motifs is 2. The lowest BCUT2D eigenvalue weighted by atomic mass is 9.41. The summed E-state index contributed by atoms with van der Waals surface area (Å²) in [6.45, 7) is 6.01. The van der Waals surface area contributed by atoms with Crippen LogP contribution in [-0.2, 0) is 23.7 Å². The number of piperidine rings is 1. The van der Waals surface area contributed by atoms with E-state index < -0.39 is 28.6 Å². The van der Waals surface area contributed by atoms with E-state index in [0.717, 1.165) is 32.4 Å². The number of nitrogens with zero attached hydrogens (tertiary/aromatic N) is 1. The average Bonchev–Trinajstić information content (AvgIpc) is 3.21. The number of rotatable bonds is 6. The van der Waals surface area contributed by atoms with E-state index in [1.54, 1.807) is 21.3 Å². The molecular weight excluding hydrogens is 438 g/mol. The van der Waals surface area contributed by atoms with Crippen LogP contribution >= 0.6 is 0 Å². The Hall–Kier alpha value is -0.770. The second-order valence-corrected chi connectivity index (χ2v) is 12.2. The molecule has 8 nitrogen and oxygen atoms in total. The van der Waals surface area contributed by atoms with Crippen molar-refractivity contribution in [1.29, 1.82) is 0 Å². The first-order chi connectivity index (χ1) is 16.2. The quantitative estimate of drug-likeness (QED) is 0.549. The van der Waals surface area contributed by atoms with Gasteiger partial charge in [-0.25, -0.2) is 0 Å². The minimum atomic E-state index is -1.23. The average molecular weight is 480 g/mol. The van der Waals surface area contributed by atoms with Gasteiger partial charge in [-0.2, -0.15) is 0 Å². The Kier molecular flexibility index (Phi) is 5.13. The van der Waals surface area contributed by atoms with E-state index in [4.69, 9.17) is 18.9 Å². The van der Waals surface area contributed by atoms with Crippen molar-refractivity contribution in [1.82, 2.24) is 4.90 Å². The van der Waals surface area contributed by atoms with E-state index in [1.165, 1.54) is 6.92 Å². The summed E-state index contributed by atoms with van der Waals surface area (Å²) >= 11 is 0. The van der Waals surface area contributed by atoms with Crippen LogP contribution in [-0.4, -0.2) is 97.7 Å². The third-order valence-corrected chi connectivity index (χ3v) is 11.5. The smallest absolute Gasteiger partial charge is 0.302 e. The van der Waals surface area contributed by atoms with E-state index in [9.17, 15) is 15.0 Å². The summed E-state index contributed by atoms with van der Waals surface area (Å²) in [6, 6.07) is 0.0105. The molecule has 0 aromatic rings. The SMILES string of the molecule is CCN1C[C@]2(COC)CC[C@H](OC)[C@]34C1[C@@H](C[C@H]23)[C@@]1(O)C[C@H](OC)C2C[C@]4(O)[C@@H]1[C@H]2OC(C)=O. The van der Waals surface area contributed by atoms with Crippen LogP contribution in [0, 0.1) is 34.5 Å². The molecule has 5 saturated carbocycles. The van der Waals surface area contributed by atoms with Crippen LogP contribution in [0.1, 0.15) is 46.0 Å². The van der Waals surface area contributed by atoms with Crippen molar-refractivity contribution in [3.63, 3.8) is 0 Å². The molecule has 0 amide bonds. The highest BCUT2D eigenvalue weighted by Gasteiger charge is 2.89. The number of esters is 1. The van der Waals surface area contributed by atoms with Crippen LogP contribution in [0.4, 0.5) is 0 Å². The molecule has 2 N–H and O–H groups in total. The van der Waals surface area contributed by atoms with Crippen molar-refractivity contribution in [3.05, 3.63) is 0 Å². The summed E-state index contributed by atoms with van der Waals surface area (Å²) in [5.74, 6) is -0.935. The molecule has 0 aromatic carbocycles. The Morgan fingerprint density at radius 3 is 2.53 bits per heavy atom. The Bertz CT molecular complexity index is 870. The van der Waals surface area contributed by atoms with Crippen LogP contribution < -0.4 is 0 Å². The van der Waals surface area contributed by atoms with E-state index in [-0.39, 0.29) is 47.4 Å². The van der Waals surface area contributed by atoms with Crippen LogP contribution in [0.15, 0.2) is 0 Å². The Balaban J connectivity index is 1.61. The first kappa shape index (κ1) is 23.6. The summed E-state index contributed by atoms with van der Waals surface area (Å²) in [7, 11) is 5.21. The molecule has 2 unspecified atom stereocenters. The van der Waals surface area contributed by atoms with E-state index in [2.05, 4.69) is 11.8 Å². The summed E-state index contributed by atoms with van der Waals surface area (Å²) in [5, 5.41) is 25.7. The molecule has 7 bridgehead atoms. The van der Waals surface area contributed by atoms with Gasteiger partial charge in [0.15, 0.2) is 0 Å². The van der Waals surface area contributed by atoms with Gasteiger partial charge in [-0.15, -0.1) is 0 Å². The highest BCUT2D eigenvalue weighted by molar-refractivity contribution is 5.66. The standard InChI is InChI=1S/C26H41NO7/c1-6-27-12-23(13-31-3)8-7-19(33-5)26-18(23)9-16(22(26)27)24(29)11-17(32-4)15-10-25(26,30)21(24)20(15)34-14(2)28/h15-22,29-30H,6-13H2,1-5H3/t15?,16-,17+,18-,19+,20+,21-,22?,23+,24+,25+,26+/m1/s1. The third kappa shape index (κ3) is 2.39. The molecule has 8 heteroatoms. The first-order valence-electron chi connectivity index (χ1n) is 13.1. The number of carbonyl (C=O) groups is 1. The lowest BCUT2D eigenvalue weighted by Gasteiger charge is -2.71. The number of methoxy groups -OCH3 is 3. The molecular formula is C26H41NO7. The third-order valence-electron chi connectivity index (χ3n) is 11.5. The first-order valence-corrected chi connectivity index (χ1v) is 13.1. The monoisotopic (exact) mass is 479 g/mol. The number of hydrogen-bond donors (Lipinski definition) is 2. The van der Waals surface area contributed by atoms with Gasteiger partial charge in [-0.1, -0.05) is 6.92 Å². The zero-order chi connectivity index (χ0) is 24.3. The Labute approximate surface area is 202 Å².